The largest absolute Gasteiger partial charge is 0.258 e. The summed E-state index contributed by atoms with van der Waals surface area (Å²) in [5.74, 6) is 0.296. The van der Waals surface area contributed by atoms with Gasteiger partial charge in [0.1, 0.15) is 0 Å². The maximum Gasteiger partial charge on any atom is 0.0954 e. The normalized spacial score (nSPS) is 14.8. The quantitative estimate of drug-likeness (QED) is 0.556. The average molecular weight is 202 g/mol. The standard InChI is InChI=1S/C8H13N3OS/c1-6(2)8-9-7(5-13-8)4-11(3)10-12/h5-6H,4H2,1-3H3/i3D3. The minimum Gasteiger partial charge on any atom is -0.258 e. The summed E-state index contributed by atoms with van der Waals surface area (Å²) < 4.78 is 21.2. The van der Waals surface area contributed by atoms with Gasteiger partial charge in [0.2, 0.25) is 0 Å². The number of aromatic nitrogens is 1. The van der Waals surface area contributed by atoms with Crippen molar-refractivity contribution in [1.29, 1.82) is 0 Å². The highest BCUT2D eigenvalue weighted by molar-refractivity contribution is 7.09. The third-order valence-electron chi connectivity index (χ3n) is 1.47. The maximum atomic E-state index is 10.4. The first-order chi connectivity index (χ1) is 7.34. The molecule has 1 aromatic rings. The van der Waals surface area contributed by atoms with Crippen molar-refractivity contribution in [2.75, 3.05) is 6.98 Å². The molecule has 0 N–H and O–H groups in total. The number of hydrogen-bond donors (Lipinski definition) is 0. The van der Waals surface area contributed by atoms with E-state index in [2.05, 4.69) is 10.3 Å². The van der Waals surface area contributed by atoms with Crippen molar-refractivity contribution < 1.29 is 4.11 Å². The van der Waals surface area contributed by atoms with Crippen LogP contribution in [0.15, 0.2) is 10.7 Å². The van der Waals surface area contributed by atoms with Gasteiger partial charge in [-0.2, -0.15) is 0 Å². The van der Waals surface area contributed by atoms with Gasteiger partial charge in [0.15, 0.2) is 0 Å². The molecule has 13 heavy (non-hydrogen) atoms. The van der Waals surface area contributed by atoms with Gasteiger partial charge in [0.25, 0.3) is 0 Å². The van der Waals surface area contributed by atoms with E-state index in [9.17, 15) is 4.91 Å². The molecule has 0 aromatic carbocycles. The molecule has 0 aliphatic heterocycles. The molecular formula is C8H13N3OS. The molecule has 0 radical (unpaired) electrons. The van der Waals surface area contributed by atoms with Crippen LogP contribution in [0, 0.1) is 4.91 Å². The van der Waals surface area contributed by atoms with Crippen molar-refractivity contribution in [3.8, 4) is 0 Å². The van der Waals surface area contributed by atoms with Crippen LogP contribution >= 0.6 is 11.3 Å². The number of hydrogen-bond acceptors (Lipinski definition) is 4. The molecule has 0 bridgehead atoms. The van der Waals surface area contributed by atoms with E-state index in [1.54, 1.807) is 5.38 Å². The molecule has 1 aromatic heterocycles. The fourth-order valence-corrected chi connectivity index (χ4v) is 1.67. The first-order valence-electron chi connectivity index (χ1n) is 5.40. The molecule has 0 amide bonds. The lowest BCUT2D eigenvalue weighted by atomic mass is 10.2. The summed E-state index contributed by atoms with van der Waals surface area (Å²) in [6.45, 7) is 1.41. The third kappa shape index (κ3) is 2.77. The molecule has 5 heteroatoms. The summed E-state index contributed by atoms with van der Waals surface area (Å²) >= 11 is 1.46. The van der Waals surface area contributed by atoms with Crippen LogP contribution in [0.5, 0.6) is 0 Å². The van der Waals surface area contributed by atoms with Crippen LogP contribution in [0.2, 0.25) is 0 Å². The van der Waals surface area contributed by atoms with Crippen molar-refractivity contribution >= 4 is 11.3 Å². The van der Waals surface area contributed by atoms with E-state index in [1.807, 2.05) is 13.8 Å². The second-order valence-electron chi connectivity index (χ2n) is 2.97. The zero-order valence-corrected chi connectivity index (χ0v) is 8.34. The van der Waals surface area contributed by atoms with Crippen LogP contribution in [-0.2, 0) is 6.54 Å². The van der Waals surface area contributed by atoms with Gasteiger partial charge in [-0.1, -0.05) is 13.8 Å². The fraction of sp³-hybridized carbons (Fsp3) is 0.625. The van der Waals surface area contributed by atoms with E-state index < -0.39 is 6.98 Å². The van der Waals surface area contributed by atoms with Crippen LogP contribution in [-0.4, -0.2) is 17.0 Å². The minimum absolute atomic E-state index is 0.0801. The second-order valence-corrected chi connectivity index (χ2v) is 3.86. The minimum atomic E-state index is -2.51. The van der Waals surface area contributed by atoms with E-state index >= 15 is 0 Å². The van der Waals surface area contributed by atoms with E-state index in [0.29, 0.717) is 16.6 Å². The fourth-order valence-electron chi connectivity index (χ4n) is 0.843. The molecule has 4 nitrogen and oxygen atoms in total. The Kier molecular flexibility index (Phi) is 2.15. The molecule has 0 spiro atoms. The van der Waals surface area contributed by atoms with Gasteiger partial charge in [-0.3, -0.25) is 5.01 Å². The van der Waals surface area contributed by atoms with E-state index in [1.165, 1.54) is 11.3 Å². The number of thiazole rings is 1. The molecule has 0 fully saturated rings. The van der Waals surface area contributed by atoms with Crippen molar-refractivity contribution in [3.05, 3.63) is 21.0 Å². The Morgan fingerprint density at radius 2 is 2.62 bits per heavy atom. The Morgan fingerprint density at radius 1 is 1.85 bits per heavy atom. The van der Waals surface area contributed by atoms with Crippen LogP contribution < -0.4 is 0 Å². The molecule has 0 aliphatic carbocycles. The van der Waals surface area contributed by atoms with Crippen molar-refractivity contribution in [2.45, 2.75) is 26.3 Å². The Labute approximate surface area is 85.8 Å². The first kappa shape index (κ1) is 6.48. The summed E-state index contributed by atoms with van der Waals surface area (Å²) in [6, 6.07) is 0. The molecule has 0 atom stereocenters. The molecule has 0 saturated carbocycles. The lowest BCUT2D eigenvalue weighted by Gasteiger charge is -2.04. The van der Waals surface area contributed by atoms with Crippen molar-refractivity contribution in [2.24, 2.45) is 5.29 Å². The summed E-state index contributed by atoms with van der Waals surface area (Å²) in [5, 5.41) is 5.69. The van der Waals surface area contributed by atoms with E-state index in [-0.39, 0.29) is 6.54 Å². The first-order valence-corrected chi connectivity index (χ1v) is 4.77. The molecule has 1 heterocycles. The molecule has 0 saturated heterocycles. The molecule has 1 rings (SSSR count). The van der Waals surface area contributed by atoms with Gasteiger partial charge in [0.05, 0.1) is 22.5 Å². The smallest absolute Gasteiger partial charge is 0.0954 e. The number of nitrogens with zero attached hydrogens (tertiary/aromatic N) is 3. The molecule has 0 unspecified atom stereocenters. The van der Waals surface area contributed by atoms with Gasteiger partial charge in [-0.25, -0.2) is 4.98 Å². The third-order valence-corrected chi connectivity index (χ3v) is 2.67. The zero-order valence-electron chi connectivity index (χ0n) is 10.5. The van der Waals surface area contributed by atoms with Gasteiger partial charge >= 0.3 is 0 Å². The highest BCUT2D eigenvalue weighted by atomic mass is 32.1. The number of nitroso groups, excluding NO2 is 1. The highest BCUT2D eigenvalue weighted by Gasteiger charge is 2.06. The van der Waals surface area contributed by atoms with Crippen LogP contribution in [0.1, 0.15) is 34.6 Å². The highest BCUT2D eigenvalue weighted by Crippen LogP contribution is 2.19. The SMILES string of the molecule is [2H]C([2H])([2H])N(Cc1csc(C(C)C)n1)N=O. The van der Waals surface area contributed by atoms with Gasteiger partial charge in [-0.15, -0.1) is 16.2 Å². The zero-order chi connectivity index (χ0) is 12.3. The average Bonchev–Trinajstić information content (AvgIpc) is 2.60. The lowest BCUT2D eigenvalue weighted by Crippen LogP contribution is -2.09. The Morgan fingerprint density at radius 3 is 3.08 bits per heavy atom. The van der Waals surface area contributed by atoms with Crippen LogP contribution in [0.3, 0.4) is 0 Å². The maximum absolute atomic E-state index is 10.4. The van der Waals surface area contributed by atoms with E-state index in [4.69, 9.17) is 4.11 Å². The van der Waals surface area contributed by atoms with Crippen molar-refractivity contribution in [1.82, 2.24) is 9.99 Å². The van der Waals surface area contributed by atoms with Crippen molar-refractivity contribution in [3.63, 3.8) is 0 Å². The topological polar surface area (TPSA) is 45.6 Å². The summed E-state index contributed by atoms with van der Waals surface area (Å²) in [7, 11) is 0. The van der Waals surface area contributed by atoms with Gasteiger partial charge in [0, 0.05) is 22.4 Å². The van der Waals surface area contributed by atoms with Crippen LogP contribution in [0.4, 0.5) is 0 Å². The second kappa shape index (κ2) is 4.32. The molecule has 72 valence electrons. The van der Waals surface area contributed by atoms with Gasteiger partial charge in [-0.05, 0) is 0 Å². The van der Waals surface area contributed by atoms with Gasteiger partial charge < -0.3 is 0 Å². The predicted molar refractivity (Wildman–Crippen MR) is 53.5 cm³/mol. The summed E-state index contributed by atoms with van der Waals surface area (Å²) in [5.41, 5.74) is 0.560. The van der Waals surface area contributed by atoms with E-state index in [0.717, 1.165) is 5.01 Å². The summed E-state index contributed by atoms with van der Waals surface area (Å²) in [6.07, 6.45) is 0. The predicted octanol–water partition coefficient (Wildman–Crippen LogP) is 2.38. The lowest BCUT2D eigenvalue weighted by molar-refractivity contribution is 0.338. The molecule has 0 aliphatic rings. The monoisotopic (exact) mass is 202 g/mol. The molecular weight excluding hydrogens is 186 g/mol. The number of rotatable bonds is 4. The summed E-state index contributed by atoms with van der Waals surface area (Å²) in [4.78, 5) is 14.6. The Hall–Kier alpha value is -0.970. The Balaban J connectivity index is 2.75. The van der Waals surface area contributed by atoms with Crippen LogP contribution in [0.25, 0.3) is 0 Å². The Bertz CT molecular complexity index is 364.